The number of benzene rings is 2. The fourth-order valence-corrected chi connectivity index (χ4v) is 6.62. The molecule has 0 N–H and O–H groups in total. The van der Waals surface area contributed by atoms with Crippen LogP contribution in [0.4, 0.5) is 0 Å². The topological polar surface area (TPSA) is 94.8 Å². The van der Waals surface area contributed by atoms with Gasteiger partial charge in [0.1, 0.15) is 0 Å². The highest BCUT2D eigenvalue weighted by Gasteiger charge is 2.40. The number of nitrogens with zero attached hydrogens (tertiary/aromatic N) is 4. The van der Waals surface area contributed by atoms with Gasteiger partial charge in [-0.25, -0.2) is 8.42 Å². The fourth-order valence-electron chi connectivity index (χ4n) is 4.24. The van der Waals surface area contributed by atoms with Crippen LogP contribution in [0.1, 0.15) is 56.7 Å². The van der Waals surface area contributed by atoms with Crippen molar-refractivity contribution < 1.29 is 13.2 Å². The number of carbonyl (C=O) groups is 1. The van der Waals surface area contributed by atoms with Gasteiger partial charge in [0, 0.05) is 22.4 Å². The summed E-state index contributed by atoms with van der Waals surface area (Å²) in [5.74, 6) is 0.739. The lowest BCUT2D eigenvalue weighted by Crippen LogP contribution is -2.23. The molecule has 174 valence electrons. The average Bonchev–Trinajstić information content (AvgIpc) is 3.32. The maximum Gasteiger partial charge on any atom is 0.163 e. The van der Waals surface area contributed by atoms with Crippen LogP contribution in [0.15, 0.2) is 42.5 Å². The summed E-state index contributed by atoms with van der Waals surface area (Å²) in [4.78, 5) is 13.4. The Balaban J connectivity index is 1.79. The first-order valence-corrected chi connectivity index (χ1v) is 13.0. The lowest BCUT2D eigenvalue weighted by molar-refractivity contribution is 0.0934. The van der Waals surface area contributed by atoms with Crippen molar-refractivity contribution in [3.05, 3.63) is 58.9 Å². The minimum Gasteiger partial charge on any atom is -0.294 e. The van der Waals surface area contributed by atoms with E-state index in [0.29, 0.717) is 28.5 Å². The molecular weight excluding hydrogens is 460 g/mol. The van der Waals surface area contributed by atoms with E-state index in [0.717, 1.165) is 11.1 Å². The average molecular weight is 487 g/mol. The van der Waals surface area contributed by atoms with Crippen LogP contribution in [0.25, 0.3) is 16.8 Å². The third-order valence-corrected chi connectivity index (χ3v) is 8.19. The monoisotopic (exact) mass is 486 g/mol. The molecule has 3 aromatic rings. The first kappa shape index (κ1) is 23.6. The molecule has 1 fully saturated rings. The van der Waals surface area contributed by atoms with Gasteiger partial charge in [-0.05, 0) is 63.7 Å². The number of aromatic nitrogens is 4. The van der Waals surface area contributed by atoms with Gasteiger partial charge in [0.15, 0.2) is 21.4 Å². The van der Waals surface area contributed by atoms with Crippen molar-refractivity contribution in [1.29, 1.82) is 0 Å². The predicted molar refractivity (Wildman–Crippen MR) is 129 cm³/mol. The Morgan fingerprint density at radius 2 is 1.82 bits per heavy atom. The van der Waals surface area contributed by atoms with Gasteiger partial charge in [-0.3, -0.25) is 4.79 Å². The van der Waals surface area contributed by atoms with E-state index in [-0.39, 0.29) is 29.1 Å². The van der Waals surface area contributed by atoms with Crippen LogP contribution >= 0.6 is 11.6 Å². The number of tetrazole rings is 1. The number of sulfone groups is 1. The minimum atomic E-state index is -3.10. The van der Waals surface area contributed by atoms with Crippen molar-refractivity contribution in [2.24, 2.45) is 5.41 Å². The lowest BCUT2D eigenvalue weighted by atomic mass is 9.83. The van der Waals surface area contributed by atoms with Crippen LogP contribution in [0.5, 0.6) is 0 Å². The highest BCUT2D eigenvalue weighted by molar-refractivity contribution is 7.91. The van der Waals surface area contributed by atoms with E-state index in [1.54, 1.807) is 22.9 Å². The molecule has 1 unspecified atom stereocenters. The minimum absolute atomic E-state index is 0.0383. The summed E-state index contributed by atoms with van der Waals surface area (Å²) in [6, 6.07) is 12.9. The predicted octanol–water partition coefficient (Wildman–Crippen LogP) is 4.68. The highest BCUT2D eigenvalue weighted by Crippen LogP contribution is 2.37. The molecule has 0 radical (unpaired) electrons. The van der Waals surface area contributed by atoms with Gasteiger partial charge in [0.05, 0.1) is 17.2 Å². The summed E-state index contributed by atoms with van der Waals surface area (Å²) >= 11 is 6.06. The molecule has 1 atom stereocenters. The number of hydrogen-bond donors (Lipinski definition) is 0. The second-order valence-corrected chi connectivity index (χ2v) is 12.8. The van der Waals surface area contributed by atoms with Gasteiger partial charge >= 0.3 is 0 Å². The van der Waals surface area contributed by atoms with Crippen LogP contribution in [0.2, 0.25) is 5.02 Å². The Bertz CT molecular complexity index is 1310. The maximum absolute atomic E-state index is 13.4. The fraction of sp³-hybridized carbons (Fsp3) is 0.417. The summed E-state index contributed by atoms with van der Waals surface area (Å²) in [5.41, 5.74) is 2.03. The van der Waals surface area contributed by atoms with E-state index in [1.807, 2.05) is 52.0 Å². The largest absolute Gasteiger partial charge is 0.294 e. The van der Waals surface area contributed by atoms with E-state index in [4.69, 9.17) is 11.6 Å². The van der Waals surface area contributed by atoms with Crippen molar-refractivity contribution in [1.82, 2.24) is 20.2 Å². The summed E-state index contributed by atoms with van der Waals surface area (Å²) < 4.78 is 25.7. The molecule has 1 aliphatic rings. The molecule has 1 saturated heterocycles. The van der Waals surface area contributed by atoms with E-state index >= 15 is 0 Å². The summed E-state index contributed by atoms with van der Waals surface area (Å²) in [5, 5.41) is 12.9. The molecule has 1 aromatic heterocycles. The Labute approximate surface area is 199 Å². The van der Waals surface area contributed by atoms with Crippen LogP contribution in [0.3, 0.4) is 0 Å². The molecule has 1 aliphatic heterocycles. The van der Waals surface area contributed by atoms with E-state index in [1.165, 1.54) is 0 Å². The van der Waals surface area contributed by atoms with Gasteiger partial charge in [-0.15, -0.1) is 5.10 Å². The van der Waals surface area contributed by atoms with E-state index < -0.39 is 15.3 Å². The van der Waals surface area contributed by atoms with Crippen LogP contribution in [0, 0.1) is 5.41 Å². The molecule has 9 heteroatoms. The molecule has 2 heterocycles. The highest BCUT2D eigenvalue weighted by atomic mass is 35.5. The van der Waals surface area contributed by atoms with Crippen molar-refractivity contribution in [3.63, 3.8) is 0 Å². The molecule has 0 bridgehead atoms. The lowest BCUT2D eigenvalue weighted by Gasteiger charge is -2.21. The molecular formula is C24H27ClN4O3S. The summed E-state index contributed by atoms with van der Waals surface area (Å²) in [6.45, 7) is 7.93. The molecule has 7 nitrogen and oxygen atoms in total. The maximum atomic E-state index is 13.4. The molecule has 4 rings (SSSR count). The van der Waals surface area contributed by atoms with Gasteiger partial charge < -0.3 is 0 Å². The van der Waals surface area contributed by atoms with Crippen molar-refractivity contribution >= 4 is 27.2 Å². The van der Waals surface area contributed by atoms with Gasteiger partial charge in [0.2, 0.25) is 0 Å². The smallest absolute Gasteiger partial charge is 0.163 e. The standard InChI is InChI=1S/C24H27ClN4O3S/c1-23(2,3)22-26-27-28-29(22)20-12-17(16-5-7-19(25)8-6-16)11-18(13-20)21(30)14-24(4)9-10-33(31,32)15-24/h5-8,11-13H,9-10,14-15H2,1-4H3. The number of rotatable bonds is 5. The Kier molecular flexibility index (Phi) is 5.95. The third-order valence-electron chi connectivity index (χ3n) is 5.97. The number of halogens is 1. The zero-order valence-corrected chi connectivity index (χ0v) is 20.7. The van der Waals surface area contributed by atoms with E-state index in [9.17, 15) is 13.2 Å². The third kappa shape index (κ3) is 5.17. The summed E-state index contributed by atoms with van der Waals surface area (Å²) in [6.07, 6.45) is 0.656. The first-order valence-electron chi connectivity index (χ1n) is 10.8. The van der Waals surface area contributed by atoms with Crippen LogP contribution in [-0.2, 0) is 15.3 Å². The quantitative estimate of drug-likeness (QED) is 0.486. The Morgan fingerprint density at radius 1 is 1.12 bits per heavy atom. The van der Waals surface area contributed by atoms with Gasteiger partial charge in [-0.1, -0.05) is 51.4 Å². The normalized spacial score (nSPS) is 20.2. The number of ketones is 1. The molecule has 0 amide bonds. The zero-order valence-electron chi connectivity index (χ0n) is 19.2. The van der Waals surface area contributed by atoms with Gasteiger partial charge in [-0.2, -0.15) is 4.68 Å². The molecule has 0 spiro atoms. The Hall–Kier alpha value is -2.58. The van der Waals surface area contributed by atoms with Crippen molar-refractivity contribution in [3.8, 4) is 16.8 Å². The second kappa shape index (κ2) is 8.33. The molecule has 2 aromatic carbocycles. The Morgan fingerprint density at radius 3 is 2.42 bits per heavy atom. The zero-order chi connectivity index (χ0) is 24.0. The number of carbonyl (C=O) groups excluding carboxylic acids is 1. The van der Waals surface area contributed by atoms with Crippen LogP contribution < -0.4 is 0 Å². The van der Waals surface area contributed by atoms with Crippen LogP contribution in [-0.4, -0.2) is 45.9 Å². The van der Waals surface area contributed by atoms with Crippen molar-refractivity contribution in [2.75, 3.05) is 11.5 Å². The summed E-state index contributed by atoms with van der Waals surface area (Å²) in [7, 11) is -3.10. The van der Waals surface area contributed by atoms with E-state index in [2.05, 4.69) is 15.5 Å². The molecule has 0 aliphatic carbocycles. The molecule has 0 saturated carbocycles. The number of hydrogen-bond acceptors (Lipinski definition) is 6. The van der Waals surface area contributed by atoms with Crippen molar-refractivity contribution in [2.45, 2.75) is 46.0 Å². The SMILES string of the molecule is CC1(CC(=O)c2cc(-c3ccc(Cl)cc3)cc(-n3nnnc3C(C)(C)C)c2)CCS(=O)(=O)C1. The first-order chi connectivity index (χ1) is 15.4. The molecule has 33 heavy (non-hydrogen) atoms. The second-order valence-electron chi connectivity index (χ2n) is 10.2. The number of Topliss-reactive ketones (excluding diaryl/α,β-unsaturated/α-hetero) is 1. The van der Waals surface area contributed by atoms with Gasteiger partial charge in [0.25, 0.3) is 0 Å².